The summed E-state index contributed by atoms with van der Waals surface area (Å²) in [7, 11) is 0. The molecule has 0 fully saturated rings. The highest BCUT2D eigenvalue weighted by Crippen LogP contribution is 2.33. The highest BCUT2D eigenvalue weighted by Gasteiger charge is 2.15. The summed E-state index contributed by atoms with van der Waals surface area (Å²) in [5, 5.41) is 6.47. The van der Waals surface area contributed by atoms with Crippen LogP contribution in [0.3, 0.4) is 0 Å². The van der Waals surface area contributed by atoms with Crippen LogP contribution in [0.4, 0.5) is 11.4 Å². The van der Waals surface area contributed by atoms with E-state index in [1.54, 1.807) is 36.4 Å². The Hall–Kier alpha value is -1.95. The lowest BCUT2D eigenvalue weighted by molar-refractivity contribution is -0.114. The number of fused-ring (bicyclic) bond motifs is 1. The van der Waals surface area contributed by atoms with Gasteiger partial charge >= 0.3 is 0 Å². The third-order valence-electron chi connectivity index (χ3n) is 3.28. The van der Waals surface area contributed by atoms with Crippen molar-refractivity contribution in [3.8, 4) is 0 Å². The van der Waals surface area contributed by atoms with Crippen molar-refractivity contribution in [3.63, 3.8) is 0 Å². The van der Waals surface area contributed by atoms with Gasteiger partial charge in [-0.15, -0.1) is 11.8 Å². The molecule has 1 aliphatic heterocycles. The number of anilines is 2. The van der Waals surface area contributed by atoms with Crippen molar-refractivity contribution in [2.75, 3.05) is 16.4 Å². The molecule has 1 aliphatic rings. The molecule has 0 saturated carbocycles. The van der Waals surface area contributed by atoms with Crippen LogP contribution in [0.1, 0.15) is 5.56 Å². The van der Waals surface area contributed by atoms with E-state index in [0.29, 0.717) is 32.7 Å². The lowest BCUT2D eigenvalue weighted by atomic mass is 10.2. The normalized spacial score (nSPS) is 13.5. The number of hydrogen-bond donors (Lipinski definition) is 2. The summed E-state index contributed by atoms with van der Waals surface area (Å²) in [4.78, 5) is 24.5. The zero-order valence-electron chi connectivity index (χ0n) is 12.3. The summed E-state index contributed by atoms with van der Waals surface area (Å²) in [5.74, 6) is 0.0324. The third kappa shape index (κ3) is 3.93. The first-order chi connectivity index (χ1) is 11.5. The lowest BCUT2D eigenvalue weighted by Gasteiger charge is -2.17. The van der Waals surface area contributed by atoms with Crippen molar-refractivity contribution in [2.24, 2.45) is 0 Å². The minimum atomic E-state index is -0.319. The molecule has 0 saturated heterocycles. The van der Waals surface area contributed by atoms with Crippen LogP contribution in [0, 0.1) is 0 Å². The first kappa shape index (κ1) is 16.9. The first-order valence-electron chi connectivity index (χ1n) is 7.03. The van der Waals surface area contributed by atoms with E-state index in [1.165, 1.54) is 17.8 Å². The SMILES string of the molecule is O=C(/C=C/c1c(Cl)cccc1Cl)Nc1ccc2c(c1)NC(=O)CS2. The predicted molar refractivity (Wildman–Crippen MR) is 99.9 cm³/mol. The molecule has 2 amide bonds. The van der Waals surface area contributed by atoms with Crippen molar-refractivity contribution >= 4 is 64.2 Å². The maximum absolute atomic E-state index is 12.1. The summed E-state index contributed by atoms with van der Waals surface area (Å²) in [5.41, 5.74) is 1.88. The van der Waals surface area contributed by atoms with Gasteiger partial charge in [0.15, 0.2) is 0 Å². The zero-order valence-corrected chi connectivity index (χ0v) is 14.6. The maximum atomic E-state index is 12.1. The number of benzene rings is 2. The second kappa shape index (κ2) is 7.30. The molecule has 0 bridgehead atoms. The molecule has 7 heteroatoms. The van der Waals surface area contributed by atoms with E-state index in [0.717, 1.165) is 4.90 Å². The minimum absolute atomic E-state index is 0.0516. The molecule has 4 nitrogen and oxygen atoms in total. The van der Waals surface area contributed by atoms with Gasteiger partial charge in [-0.05, 0) is 36.4 Å². The van der Waals surface area contributed by atoms with E-state index in [4.69, 9.17) is 23.2 Å². The monoisotopic (exact) mass is 378 g/mol. The van der Waals surface area contributed by atoms with E-state index in [1.807, 2.05) is 6.07 Å². The van der Waals surface area contributed by atoms with Crippen LogP contribution in [0.25, 0.3) is 6.08 Å². The smallest absolute Gasteiger partial charge is 0.248 e. The van der Waals surface area contributed by atoms with Crippen molar-refractivity contribution < 1.29 is 9.59 Å². The molecule has 0 spiro atoms. The number of carbonyl (C=O) groups is 2. The van der Waals surface area contributed by atoms with Gasteiger partial charge < -0.3 is 10.6 Å². The van der Waals surface area contributed by atoms with E-state index >= 15 is 0 Å². The number of amides is 2. The Kier molecular flexibility index (Phi) is 5.14. The largest absolute Gasteiger partial charge is 0.324 e. The topological polar surface area (TPSA) is 58.2 Å². The molecule has 2 aromatic carbocycles. The molecule has 122 valence electrons. The average Bonchev–Trinajstić information content (AvgIpc) is 2.54. The molecular formula is C17H12Cl2N2O2S. The maximum Gasteiger partial charge on any atom is 0.248 e. The van der Waals surface area contributed by atoms with Crippen molar-refractivity contribution in [3.05, 3.63) is 58.1 Å². The molecule has 0 atom stereocenters. The highest BCUT2D eigenvalue weighted by molar-refractivity contribution is 8.00. The Balaban J connectivity index is 1.72. The number of hydrogen-bond acceptors (Lipinski definition) is 3. The molecule has 0 radical (unpaired) electrons. The Labute approximate surface area is 153 Å². The standard InChI is InChI=1S/C17H12Cl2N2O2S/c18-12-2-1-3-13(19)11(12)5-7-16(22)20-10-4-6-15-14(8-10)21-17(23)9-24-15/h1-8H,9H2,(H,20,22)(H,21,23)/b7-5+. The molecule has 0 aromatic heterocycles. The van der Waals surface area contributed by atoms with Crippen molar-refractivity contribution in [1.29, 1.82) is 0 Å². The fraction of sp³-hybridized carbons (Fsp3) is 0.0588. The number of rotatable bonds is 3. The summed E-state index contributed by atoms with van der Waals surface area (Å²) < 4.78 is 0. The molecule has 0 unspecified atom stereocenters. The second-order valence-electron chi connectivity index (χ2n) is 5.01. The molecule has 2 aromatic rings. The van der Waals surface area contributed by atoms with E-state index in [2.05, 4.69) is 10.6 Å². The quantitative estimate of drug-likeness (QED) is 0.761. The van der Waals surface area contributed by atoms with Crippen LogP contribution in [0.15, 0.2) is 47.4 Å². The van der Waals surface area contributed by atoms with Gasteiger partial charge in [-0.1, -0.05) is 29.3 Å². The van der Waals surface area contributed by atoms with Crippen molar-refractivity contribution in [1.82, 2.24) is 0 Å². The van der Waals surface area contributed by atoms with Crippen LogP contribution in [0.5, 0.6) is 0 Å². The van der Waals surface area contributed by atoms with Gasteiger partial charge in [0.2, 0.25) is 11.8 Å². The molecule has 3 rings (SSSR count). The van der Waals surface area contributed by atoms with Crippen LogP contribution in [-0.4, -0.2) is 17.6 Å². The minimum Gasteiger partial charge on any atom is -0.324 e. The van der Waals surface area contributed by atoms with Gasteiger partial charge in [-0.3, -0.25) is 9.59 Å². The van der Waals surface area contributed by atoms with Gasteiger partial charge in [0.25, 0.3) is 0 Å². The van der Waals surface area contributed by atoms with E-state index < -0.39 is 0 Å². The number of thioether (sulfide) groups is 1. The summed E-state index contributed by atoms with van der Waals surface area (Å²) in [6.45, 7) is 0. The second-order valence-corrected chi connectivity index (χ2v) is 6.84. The van der Waals surface area contributed by atoms with Gasteiger partial charge in [-0.25, -0.2) is 0 Å². The number of nitrogens with one attached hydrogen (secondary N) is 2. The Morgan fingerprint density at radius 3 is 2.71 bits per heavy atom. The van der Waals surface area contributed by atoms with Crippen LogP contribution in [-0.2, 0) is 9.59 Å². The number of halogens is 2. The zero-order chi connectivity index (χ0) is 17.1. The van der Waals surface area contributed by atoms with Gasteiger partial charge in [-0.2, -0.15) is 0 Å². The molecular weight excluding hydrogens is 367 g/mol. The Bertz CT molecular complexity index is 832. The van der Waals surface area contributed by atoms with E-state index in [9.17, 15) is 9.59 Å². The average molecular weight is 379 g/mol. The van der Waals surface area contributed by atoms with Crippen LogP contribution >= 0.6 is 35.0 Å². The van der Waals surface area contributed by atoms with Crippen molar-refractivity contribution in [2.45, 2.75) is 4.90 Å². The fourth-order valence-electron chi connectivity index (χ4n) is 2.17. The molecule has 2 N–H and O–H groups in total. The highest BCUT2D eigenvalue weighted by atomic mass is 35.5. The van der Waals surface area contributed by atoms with Gasteiger partial charge in [0.1, 0.15) is 0 Å². The van der Waals surface area contributed by atoms with Gasteiger partial charge in [0, 0.05) is 32.3 Å². The van der Waals surface area contributed by atoms with E-state index in [-0.39, 0.29) is 11.8 Å². The summed E-state index contributed by atoms with van der Waals surface area (Å²) >= 11 is 13.6. The third-order valence-corrected chi connectivity index (χ3v) is 5.01. The Morgan fingerprint density at radius 2 is 1.96 bits per heavy atom. The van der Waals surface area contributed by atoms with Crippen LogP contribution in [0.2, 0.25) is 10.0 Å². The molecule has 1 heterocycles. The molecule has 24 heavy (non-hydrogen) atoms. The number of carbonyl (C=O) groups excluding carboxylic acids is 2. The predicted octanol–water partition coefficient (Wildman–Crippen LogP) is 4.69. The van der Waals surface area contributed by atoms with Gasteiger partial charge in [0.05, 0.1) is 11.4 Å². The first-order valence-corrected chi connectivity index (χ1v) is 8.77. The van der Waals surface area contributed by atoms with Crippen LogP contribution < -0.4 is 10.6 Å². The summed E-state index contributed by atoms with van der Waals surface area (Å²) in [6, 6.07) is 10.5. The molecule has 0 aliphatic carbocycles. The summed E-state index contributed by atoms with van der Waals surface area (Å²) in [6.07, 6.45) is 2.93. The fourth-order valence-corrected chi connectivity index (χ4v) is 3.49. The lowest BCUT2D eigenvalue weighted by Crippen LogP contribution is -2.19. The Morgan fingerprint density at radius 1 is 1.21 bits per heavy atom.